The van der Waals surface area contributed by atoms with Gasteiger partial charge in [0, 0.05) is 30.4 Å². The molecule has 0 bridgehead atoms. The molecular weight excluding hydrogens is 330 g/mol. The Labute approximate surface area is 152 Å². The van der Waals surface area contributed by atoms with Crippen molar-refractivity contribution in [3.05, 3.63) is 59.7 Å². The predicted molar refractivity (Wildman–Crippen MR) is 100 cm³/mol. The standard InChI is InChI=1S/C20H21N3O3/c1-14(24)22-17-10-8-16(9-11-17)20(26)21-13-19(25)23-12-4-6-15-5-2-3-7-18(15)23/h2-3,5,7-11H,4,6,12-13H2,1H3,(H,21,26)(H,22,24). The van der Waals surface area contributed by atoms with E-state index in [2.05, 4.69) is 10.6 Å². The lowest BCUT2D eigenvalue weighted by atomic mass is 10.0. The zero-order valence-corrected chi connectivity index (χ0v) is 14.6. The van der Waals surface area contributed by atoms with Crippen LogP contribution in [0.1, 0.15) is 29.3 Å². The third kappa shape index (κ3) is 4.08. The molecule has 0 saturated heterocycles. The van der Waals surface area contributed by atoms with Crippen molar-refractivity contribution < 1.29 is 14.4 Å². The molecule has 3 rings (SSSR count). The van der Waals surface area contributed by atoms with E-state index in [1.54, 1.807) is 29.2 Å². The molecule has 2 aromatic carbocycles. The molecule has 2 aromatic rings. The van der Waals surface area contributed by atoms with Crippen molar-refractivity contribution in [3.8, 4) is 0 Å². The molecule has 0 saturated carbocycles. The number of fused-ring (bicyclic) bond motifs is 1. The summed E-state index contributed by atoms with van der Waals surface area (Å²) in [4.78, 5) is 37.5. The summed E-state index contributed by atoms with van der Waals surface area (Å²) in [7, 11) is 0. The van der Waals surface area contributed by atoms with Crippen molar-refractivity contribution >= 4 is 29.1 Å². The van der Waals surface area contributed by atoms with Crippen molar-refractivity contribution in [1.29, 1.82) is 0 Å². The lowest BCUT2D eigenvalue weighted by Crippen LogP contribution is -2.42. The quantitative estimate of drug-likeness (QED) is 0.887. The minimum atomic E-state index is -0.321. The van der Waals surface area contributed by atoms with Crippen LogP contribution in [0.15, 0.2) is 48.5 Å². The molecule has 0 spiro atoms. The number of carbonyl (C=O) groups is 3. The fourth-order valence-corrected chi connectivity index (χ4v) is 3.05. The van der Waals surface area contributed by atoms with Gasteiger partial charge < -0.3 is 15.5 Å². The molecule has 0 atom stereocenters. The number of aryl methyl sites for hydroxylation is 1. The fourth-order valence-electron chi connectivity index (χ4n) is 3.05. The first kappa shape index (κ1) is 17.7. The molecule has 0 aromatic heterocycles. The topological polar surface area (TPSA) is 78.5 Å². The first-order chi connectivity index (χ1) is 12.5. The van der Waals surface area contributed by atoms with E-state index in [0.717, 1.165) is 24.1 Å². The van der Waals surface area contributed by atoms with Crippen molar-refractivity contribution in [2.24, 2.45) is 0 Å². The van der Waals surface area contributed by atoms with Gasteiger partial charge >= 0.3 is 0 Å². The Morgan fingerprint density at radius 2 is 1.77 bits per heavy atom. The Hall–Kier alpha value is -3.15. The summed E-state index contributed by atoms with van der Waals surface area (Å²) >= 11 is 0. The first-order valence-electron chi connectivity index (χ1n) is 8.59. The second kappa shape index (κ2) is 7.82. The van der Waals surface area contributed by atoms with Crippen LogP contribution < -0.4 is 15.5 Å². The summed E-state index contributed by atoms with van der Waals surface area (Å²) in [5.41, 5.74) is 3.14. The lowest BCUT2D eigenvalue weighted by molar-refractivity contribution is -0.117. The van der Waals surface area contributed by atoms with Gasteiger partial charge in [-0.25, -0.2) is 0 Å². The monoisotopic (exact) mass is 351 g/mol. The van der Waals surface area contributed by atoms with Crippen LogP contribution in [0.3, 0.4) is 0 Å². The molecule has 0 unspecified atom stereocenters. The first-order valence-corrected chi connectivity index (χ1v) is 8.59. The van der Waals surface area contributed by atoms with Crippen molar-refractivity contribution in [3.63, 3.8) is 0 Å². The Bertz CT molecular complexity index is 830. The number of amides is 3. The Morgan fingerprint density at radius 3 is 2.50 bits per heavy atom. The maximum atomic E-state index is 12.5. The number of hydrogen-bond acceptors (Lipinski definition) is 3. The predicted octanol–water partition coefficient (Wildman–Crippen LogP) is 2.35. The molecule has 134 valence electrons. The second-order valence-electron chi connectivity index (χ2n) is 6.22. The number of hydrogen-bond donors (Lipinski definition) is 2. The molecule has 2 N–H and O–H groups in total. The maximum Gasteiger partial charge on any atom is 0.251 e. The molecule has 26 heavy (non-hydrogen) atoms. The summed E-state index contributed by atoms with van der Waals surface area (Å²) in [5.74, 6) is -0.618. The van der Waals surface area contributed by atoms with E-state index in [1.165, 1.54) is 6.92 Å². The van der Waals surface area contributed by atoms with E-state index in [9.17, 15) is 14.4 Å². The number of nitrogens with zero attached hydrogens (tertiary/aromatic N) is 1. The lowest BCUT2D eigenvalue weighted by Gasteiger charge is -2.29. The van der Waals surface area contributed by atoms with Crippen LogP contribution >= 0.6 is 0 Å². The minimum Gasteiger partial charge on any atom is -0.343 e. The second-order valence-corrected chi connectivity index (χ2v) is 6.22. The van der Waals surface area contributed by atoms with Crippen molar-refractivity contribution in [2.45, 2.75) is 19.8 Å². The van der Waals surface area contributed by atoms with E-state index in [4.69, 9.17) is 0 Å². The fraction of sp³-hybridized carbons (Fsp3) is 0.250. The number of anilines is 2. The average Bonchev–Trinajstić information content (AvgIpc) is 2.65. The molecule has 1 aliphatic rings. The summed E-state index contributed by atoms with van der Waals surface area (Å²) in [6, 6.07) is 14.4. The zero-order chi connectivity index (χ0) is 18.5. The molecular formula is C20H21N3O3. The van der Waals surface area contributed by atoms with Gasteiger partial charge in [0.05, 0.1) is 6.54 Å². The van der Waals surface area contributed by atoms with E-state index >= 15 is 0 Å². The van der Waals surface area contributed by atoms with Gasteiger partial charge in [0.25, 0.3) is 5.91 Å². The largest absolute Gasteiger partial charge is 0.343 e. The minimum absolute atomic E-state index is 0.0549. The van der Waals surface area contributed by atoms with Gasteiger partial charge in [-0.1, -0.05) is 18.2 Å². The zero-order valence-electron chi connectivity index (χ0n) is 14.6. The molecule has 6 heteroatoms. The van der Waals surface area contributed by atoms with Crippen LogP contribution in [0.2, 0.25) is 0 Å². The van der Waals surface area contributed by atoms with Gasteiger partial charge in [0.1, 0.15) is 0 Å². The normalized spacial score (nSPS) is 12.9. The third-order valence-electron chi connectivity index (χ3n) is 4.28. The summed E-state index contributed by atoms with van der Waals surface area (Å²) in [6.07, 6.45) is 1.88. The third-order valence-corrected chi connectivity index (χ3v) is 4.28. The van der Waals surface area contributed by atoms with E-state index in [0.29, 0.717) is 17.8 Å². The number of rotatable bonds is 4. The molecule has 0 fully saturated rings. The van der Waals surface area contributed by atoms with Crippen LogP contribution in [-0.4, -0.2) is 30.8 Å². The Balaban J connectivity index is 1.59. The van der Waals surface area contributed by atoms with Crippen LogP contribution in [-0.2, 0) is 16.0 Å². The van der Waals surface area contributed by atoms with Gasteiger partial charge in [-0.3, -0.25) is 14.4 Å². The highest BCUT2D eigenvalue weighted by atomic mass is 16.2. The summed E-state index contributed by atoms with van der Waals surface area (Å²) in [6.45, 7) is 2.03. The number of para-hydroxylation sites is 1. The highest BCUT2D eigenvalue weighted by molar-refractivity contribution is 6.01. The molecule has 0 radical (unpaired) electrons. The molecule has 6 nitrogen and oxygen atoms in total. The highest BCUT2D eigenvalue weighted by Crippen LogP contribution is 2.26. The van der Waals surface area contributed by atoms with E-state index < -0.39 is 0 Å². The smallest absolute Gasteiger partial charge is 0.251 e. The molecule has 1 aliphatic heterocycles. The van der Waals surface area contributed by atoms with E-state index in [-0.39, 0.29) is 24.3 Å². The molecule has 3 amide bonds. The highest BCUT2D eigenvalue weighted by Gasteiger charge is 2.22. The van der Waals surface area contributed by atoms with Crippen LogP contribution in [0.5, 0.6) is 0 Å². The van der Waals surface area contributed by atoms with Crippen molar-refractivity contribution in [1.82, 2.24) is 5.32 Å². The van der Waals surface area contributed by atoms with Gasteiger partial charge in [-0.05, 0) is 48.7 Å². The van der Waals surface area contributed by atoms with Gasteiger partial charge in [0.15, 0.2) is 0 Å². The molecule has 1 heterocycles. The summed E-state index contributed by atoms with van der Waals surface area (Å²) in [5, 5.41) is 5.31. The number of carbonyl (C=O) groups excluding carboxylic acids is 3. The van der Waals surface area contributed by atoms with Gasteiger partial charge in [-0.15, -0.1) is 0 Å². The van der Waals surface area contributed by atoms with E-state index in [1.807, 2.05) is 24.3 Å². The Morgan fingerprint density at radius 1 is 1.04 bits per heavy atom. The van der Waals surface area contributed by atoms with Crippen LogP contribution in [0.4, 0.5) is 11.4 Å². The van der Waals surface area contributed by atoms with Gasteiger partial charge in [-0.2, -0.15) is 0 Å². The average molecular weight is 351 g/mol. The van der Waals surface area contributed by atoms with Crippen molar-refractivity contribution in [2.75, 3.05) is 23.3 Å². The summed E-state index contributed by atoms with van der Waals surface area (Å²) < 4.78 is 0. The SMILES string of the molecule is CC(=O)Nc1ccc(C(=O)NCC(=O)N2CCCc3ccccc32)cc1. The van der Waals surface area contributed by atoms with Gasteiger partial charge in [0.2, 0.25) is 11.8 Å². The Kier molecular flexibility index (Phi) is 5.31. The van der Waals surface area contributed by atoms with Crippen LogP contribution in [0.25, 0.3) is 0 Å². The maximum absolute atomic E-state index is 12.5. The van der Waals surface area contributed by atoms with Crippen LogP contribution in [0, 0.1) is 0 Å². The molecule has 0 aliphatic carbocycles. The number of benzene rings is 2. The number of nitrogens with one attached hydrogen (secondary N) is 2.